The van der Waals surface area contributed by atoms with Crippen LogP contribution in [0.15, 0.2) is 22.2 Å². The van der Waals surface area contributed by atoms with Crippen molar-refractivity contribution in [2.45, 2.75) is 26.4 Å². The third-order valence-electron chi connectivity index (χ3n) is 2.66. The Morgan fingerprint density at radius 3 is 2.72 bits per heavy atom. The lowest BCUT2D eigenvalue weighted by atomic mass is 10.4. The van der Waals surface area contributed by atoms with Gasteiger partial charge in [-0.25, -0.2) is 4.79 Å². The average molecular weight is 249 g/mol. The second-order valence-corrected chi connectivity index (χ2v) is 4.27. The largest absolute Gasteiger partial charge is 0.369 e. The third kappa shape index (κ3) is 1.64. The number of allylic oxidation sites excluding steroid dienone is 1. The van der Waals surface area contributed by atoms with Crippen molar-refractivity contribution in [3.05, 3.63) is 33.5 Å². The number of hydrogen-bond acceptors (Lipinski definition) is 4. The lowest BCUT2D eigenvalue weighted by molar-refractivity contribution is 0.574. The Morgan fingerprint density at radius 1 is 1.50 bits per heavy atom. The molecular formula is C11H15N5O2. The summed E-state index contributed by atoms with van der Waals surface area (Å²) in [6.45, 7) is 7.52. The van der Waals surface area contributed by atoms with E-state index in [9.17, 15) is 9.59 Å². The lowest BCUT2D eigenvalue weighted by Crippen LogP contribution is -2.25. The molecule has 18 heavy (non-hydrogen) atoms. The van der Waals surface area contributed by atoms with Gasteiger partial charge in [0.25, 0.3) is 5.56 Å². The Kier molecular flexibility index (Phi) is 2.82. The summed E-state index contributed by atoms with van der Waals surface area (Å²) in [4.78, 5) is 30.6. The van der Waals surface area contributed by atoms with E-state index in [4.69, 9.17) is 5.73 Å². The van der Waals surface area contributed by atoms with E-state index in [0.717, 1.165) is 0 Å². The molecule has 0 amide bonds. The monoisotopic (exact) mass is 249 g/mol. The summed E-state index contributed by atoms with van der Waals surface area (Å²) in [7, 11) is 0. The fourth-order valence-corrected chi connectivity index (χ4v) is 1.96. The van der Waals surface area contributed by atoms with Gasteiger partial charge in [0.1, 0.15) is 0 Å². The Labute approximate surface area is 103 Å². The van der Waals surface area contributed by atoms with Crippen molar-refractivity contribution in [2.75, 3.05) is 5.73 Å². The standard InChI is InChI=1S/C11H15N5O2/c1-4-5-15-7-8(13-10(12)14-9(7)17)16(6(2)3)11(15)18/h4,6H,1,5H2,2-3H3,(H3,12,13,14,17). The smallest absolute Gasteiger partial charge is 0.331 e. The van der Waals surface area contributed by atoms with Crippen LogP contribution in [0.3, 0.4) is 0 Å². The van der Waals surface area contributed by atoms with Gasteiger partial charge in [-0.2, -0.15) is 4.98 Å². The van der Waals surface area contributed by atoms with Crippen LogP contribution in [0, 0.1) is 0 Å². The van der Waals surface area contributed by atoms with Crippen molar-refractivity contribution >= 4 is 17.1 Å². The van der Waals surface area contributed by atoms with Gasteiger partial charge in [-0.15, -0.1) is 6.58 Å². The van der Waals surface area contributed by atoms with Crippen molar-refractivity contribution in [2.24, 2.45) is 0 Å². The molecule has 2 rings (SSSR count). The zero-order valence-electron chi connectivity index (χ0n) is 10.3. The molecule has 0 bridgehead atoms. The summed E-state index contributed by atoms with van der Waals surface area (Å²) in [6.07, 6.45) is 1.56. The van der Waals surface area contributed by atoms with Gasteiger partial charge in [-0.3, -0.25) is 18.9 Å². The minimum absolute atomic E-state index is 0.00217. The highest BCUT2D eigenvalue weighted by Crippen LogP contribution is 2.12. The summed E-state index contributed by atoms with van der Waals surface area (Å²) in [5.41, 5.74) is 5.34. The lowest BCUT2D eigenvalue weighted by Gasteiger charge is -2.05. The van der Waals surface area contributed by atoms with Crippen LogP contribution < -0.4 is 17.0 Å². The highest BCUT2D eigenvalue weighted by atomic mass is 16.2. The molecule has 7 nitrogen and oxygen atoms in total. The molecular weight excluding hydrogens is 234 g/mol. The summed E-state index contributed by atoms with van der Waals surface area (Å²) < 4.78 is 2.79. The Morgan fingerprint density at radius 2 is 2.17 bits per heavy atom. The number of hydrogen-bond donors (Lipinski definition) is 2. The van der Waals surface area contributed by atoms with Gasteiger partial charge in [0.2, 0.25) is 5.95 Å². The number of nitrogen functional groups attached to an aromatic ring is 1. The molecule has 0 aliphatic heterocycles. The first kappa shape index (κ1) is 12.2. The van der Waals surface area contributed by atoms with Gasteiger partial charge in [0, 0.05) is 12.6 Å². The molecule has 0 saturated carbocycles. The molecule has 96 valence electrons. The molecule has 0 aliphatic rings. The van der Waals surface area contributed by atoms with Crippen molar-refractivity contribution in [1.82, 2.24) is 19.1 Å². The van der Waals surface area contributed by atoms with Crippen LogP contribution in [-0.4, -0.2) is 19.1 Å². The number of fused-ring (bicyclic) bond motifs is 1. The summed E-state index contributed by atoms with van der Waals surface area (Å²) in [6, 6.07) is -0.111. The molecule has 7 heteroatoms. The van der Waals surface area contributed by atoms with Gasteiger partial charge in [0.05, 0.1) is 0 Å². The SMILES string of the molecule is C=CCn1c(=O)n(C(C)C)c2nc(N)[nH]c(=O)c21. The maximum atomic E-state index is 12.2. The quantitative estimate of drug-likeness (QED) is 0.761. The van der Waals surface area contributed by atoms with E-state index in [0.29, 0.717) is 5.65 Å². The topological polar surface area (TPSA) is 98.7 Å². The molecule has 2 heterocycles. The van der Waals surface area contributed by atoms with E-state index < -0.39 is 5.56 Å². The second kappa shape index (κ2) is 4.17. The van der Waals surface area contributed by atoms with Gasteiger partial charge >= 0.3 is 5.69 Å². The number of nitrogens with two attached hydrogens (primary N) is 1. The van der Waals surface area contributed by atoms with Gasteiger partial charge < -0.3 is 5.73 Å². The number of aromatic nitrogens is 4. The normalized spacial score (nSPS) is 11.3. The van der Waals surface area contributed by atoms with Crippen molar-refractivity contribution in [1.29, 1.82) is 0 Å². The molecule has 3 N–H and O–H groups in total. The minimum Gasteiger partial charge on any atom is -0.369 e. The molecule has 2 aromatic heterocycles. The number of aromatic amines is 1. The number of anilines is 1. The fourth-order valence-electron chi connectivity index (χ4n) is 1.96. The van der Waals surface area contributed by atoms with E-state index in [2.05, 4.69) is 16.5 Å². The van der Waals surface area contributed by atoms with Crippen LogP contribution in [0.4, 0.5) is 5.95 Å². The first-order valence-electron chi connectivity index (χ1n) is 5.58. The zero-order chi connectivity index (χ0) is 13.4. The molecule has 0 aromatic carbocycles. The molecule has 0 atom stereocenters. The fraction of sp³-hybridized carbons (Fsp3) is 0.364. The zero-order valence-corrected chi connectivity index (χ0v) is 10.3. The predicted molar refractivity (Wildman–Crippen MR) is 69.6 cm³/mol. The molecule has 0 saturated heterocycles. The number of rotatable bonds is 3. The van der Waals surface area contributed by atoms with Crippen LogP contribution in [0.2, 0.25) is 0 Å². The molecule has 0 unspecified atom stereocenters. The molecule has 2 aromatic rings. The van der Waals surface area contributed by atoms with Crippen LogP contribution in [0.5, 0.6) is 0 Å². The second-order valence-electron chi connectivity index (χ2n) is 4.27. The van der Waals surface area contributed by atoms with Gasteiger partial charge in [0.15, 0.2) is 11.2 Å². The van der Waals surface area contributed by atoms with E-state index in [-0.39, 0.29) is 29.7 Å². The van der Waals surface area contributed by atoms with Crippen LogP contribution in [-0.2, 0) is 6.54 Å². The number of nitrogens with one attached hydrogen (secondary N) is 1. The van der Waals surface area contributed by atoms with Crippen molar-refractivity contribution in [3.63, 3.8) is 0 Å². The first-order valence-corrected chi connectivity index (χ1v) is 5.58. The Bertz CT molecular complexity index is 719. The first-order chi connectivity index (χ1) is 8.47. The van der Waals surface area contributed by atoms with Crippen LogP contribution in [0.25, 0.3) is 11.2 Å². The summed E-state index contributed by atoms with van der Waals surface area (Å²) in [5, 5.41) is 0. The summed E-state index contributed by atoms with van der Waals surface area (Å²) >= 11 is 0. The number of nitrogens with zero attached hydrogens (tertiary/aromatic N) is 3. The van der Waals surface area contributed by atoms with E-state index >= 15 is 0 Å². The molecule has 0 aliphatic carbocycles. The van der Waals surface area contributed by atoms with E-state index in [1.165, 1.54) is 9.13 Å². The van der Waals surface area contributed by atoms with Crippen molar-refractivity contribution in [3.8, 4) is 0 Å². The maximum Gasteiger partial charge on any atom is 0.331 e. The van der Waals surface area contributed by atoms with Gasteiger partial charge in [-0.05, 0) is 13.8 Å². The van der Waals surface area contributed by atoms with Crippen LogP contribution >= 0.6 is 0 Å². The van der Waals surface area contributed by atoms with Crippen LogP contribution in [0.1, 0.15) is 19.9 Å². The summed E-state index contributed by atoms with van der Waals surface area (Å²) in [5.74, 6) is -0.00217. The molecule has 0 fully saturated rings. The van der Waals surface area contributed by atoms with Gasteiger partial charge in [-0.1, -0.05) is 6.08 Å². The predicted octanol–water partition coefficient (Wildman–Crippen LogP) is 0.235. The third-order valence-corrected chi connectivity index (χ3v) is 2.66. The van der Waals surface area contributed by atoms with E-state index in [1.54, 1.807) is 6.08 Å². The molecule has 0 spiro atoms. The maximum absolute atomic E-state index is 12.2. The Balaban J connectivity index is 3.02. The molecule has 0 radical (unpaired) electrons. The van der Waals surface area contributed by atoms with Crippen molar-refractivity contribution < 1.29 is 0 Å². The number of H-pyrrole nitrogens is 1. The van der Waals surface area contributed by atoms with E-state index in [1.807, 2.05) is 13.8 Å². The highest BCUT2D eigenvalue weighted by Gasteiger charge is 2.18. The Hall–Kier alpha value is -2.31. The number of imidazole rings is 1. The highest BCUT2D eigenvalue weighted by molar-refractivity contribution is 5.71. The minimum atomic E-state index is -0.421. The average Bonchev–Trinajstić information content (AvgIpc) is 2.52.